The highest BCUT2D eigenvalue weighted by atomic mass is 35.5. The number of carbonyl (C=O) groups is 2. The molecule has 0 unspecified atom stereocenters. The molecule has 0 spiro atoms. The molecule has 168 valence electrons. The molecule has 4 rings (SSSR count). The summed E-state index contributed by atoms with van der Waals surface area (Å²) in [6.07, 6.45) is 0. The van der Waals surface area contributed by atoms with Crippen molar-refractivity contribution in [1.29, 1.82) is 0 Å². The molecule has 0 aromatic heterocycles. The van der Waals surface area contributed by atoms with Gasteiger partial charge in [-0.05, 0) is 55.8 Å². The number of methoxy groups -OCH3 is 1. The highest BCUT2D eigenvalue weighted by molar-refractivity contribution is 6.46. The number of nitrogens with zero attached hydrogens (tertiary/aromatic N) is 1. The van der Waals surface area contributed by atoms with Gasteiger partial charge >= 0.3 is 0 Å². The zero-order chi connectivity index (χ0) is 23.5. The third kappa shape index (κ3) is 4.30. The van der Waals surface area contributed by atoms with Crippen LogP contribution in [0.15, 0.2) is 72.4 Å². The van der Waals surface area contributed by atoms with Crippen LogP contribution >= 0.6 is 11.6 Å². The minimum Gasteiger partial charge on any atom is -0.496 e. The van der Waals surface area contributed by atoms with E-state index in [4.69, 9.17) is 21.1 Å². The van der Waals surface area contributed by atoms with Crippen molar-refractivity contribution < 1.29 is 19.1 Å². The molecule has 1 heterocycles. The number of imide groups is 1. The van der Waals surface area contributed by atoms with Crippen molar-refractivity contribution in [3.05, 3.63) is 88.6 Å². The van der Waals surface area contributed by atoms with E-state index >= 15 is 0 Å². The van der Waals surface area contributed by atoms with Crippen molar-refractivity contribution >= 4 is 40.4 Å². The largest absolute Gasteiger partial charge is 0.496 e. The second-order valence-corrected chi connectivity index (χ2v) is 7.85. The molecule has 1 aliphatic heterocycles. The lowest BCUT2D eigenvalue weighted by atomic mass is 10.0. The van der Waals surface area contributed by atoms with E-state index in [0.717, 1.165) is 10.5 Å². The van der Waals surface area contributed by atoms with Gasteiger partial charge in [0.1, 0.15) is 17.2 Å². The molecule has 2 amide bonds. The minimum absolute atomic E-state index is 0.164. The maximum absolute atomic E-state index is 13.7. The van der Waals surface area contributed by atoms with Crippen LogP contribution in [0.25, 0.3) is 5.57 Å². The lowest BCUT2D eigenvalue weighted by Crippen LogP contribution is -2.32. The number of para-hydroxylation sites is 1. The van der Waals surface area contributed by atoms with Crippen LogP contribution in [-0.4, -0.2) is 25.5 Å². The molecule has 0 saturated carbocycles. The van der Waals surface area contributed by atoms with Gasteiger partial charge in [0.15, 0.2) is 0 Å². The number of nitrogens with one attached hydrogen (secondary N) is 1. The van der Waals surface area contributed by atoms with Crippen molar-refractivity contribution in [2.24, 2.45) is 0 Å². The molecule has 3 aromatic rings. The predicted octanol–water partition coefficient (Wildman–Crippen LogP) is 5.45. The van der Waals surface area contributed by atoms with Gasteiger partial charge in [0.25, 0.3) is 11.8 Å². The van der Waals surface area contributed by atoms with Gasteiger partial charge in [-0.2, -0.15) is 0 Å². The number of hydrogen-bond acceptors (Lipinski definition) is 5. The van der Waals surface area contributed by atoms with Gasteiger partial charge in [-0.25, -0.2) is 4.90 Å². The van der Waals surface area contributed by atoms with Crippen molar-refractivity contribution in [2.45, 2.75) is 13.8 Å². The number of rotatable bonds is 7. The highest BCUT2D eigenvalue weighted by Crippen LogP contribution is 2.38. The Bertz CT molecular complexity index is 1270. The van der Waals surface area contributed by atoms with Crippen LogP contribution in [0, 0.1) is 6.92 Å². The average Bonchev–Trinajstić information content (AvgIpc) is 3.05. The Morgan fingerprint density at radius 2 is 1.76 bits per heavy atom. The number of anilines is 2. The van der Waals surface area contributed by atoms with Gasteiger partial charge < -0.3 is 14.8 Å². The Hall–Kier alpha value is -3.77. The number of halogens is 1. The lowest BCUT2D eigenvalue weighted by Gasteiger charge is -2.17. The van der Waals surface area contributed by atoms with Crippen LogP contribution in [-0.2, 0) is 9.59 Å². The van der Waals surface area contributed by atoms with Crippen LogP contribution in [0.4, 0.5) is 11.4 Å². The molecule has 0 bridgehead atoms. The van der Waals surface area contributed by atoms with E-state index in [-0.39, 0.29) is 11.3 Å². The highest BCUT2D eigenvalue weighted by Gasteiger charge is 2.41. The molecule has 0 fully saturated rings. The number of hydrogen-bond donors (Lipinski definition) is 1. The predicted molar refractivity (Wildman–Crippen MR) is 130 cm³/mol. The van der Waals surface area contributed by atoms with E-state index in [0.29, 0.717) is 40.1 Å². The SMILES string of the molecule is CCOc1cccc(N2C(=O)C(Nc3ccc(Cl)cc3C)=C(c3ccccc3OC)C2=O)c1. The Balaban J connectivity index is 1.85. The van der Waals surface area contributed by atoms with E-state index in [1.165, 1.54) is 7.11 Å². The van der Waals surface area contributed by atoms with Crippen LogP contribution < -0.4 is 19.7 Å². The maximum Gasteiger partial charge on any atom is 0.282 e. The van der Waals surface area contributed by atoms with Crippen molar-refractivity contribution in [3.63, 3.8) is 0 Å². The zero-order valence-corrected chi connectivity index (χ0v) is 19.3. The Morgan fingerprint density at radius 3 is 2.48 bits per heavy atom. The van der Waals surface area contributed by atoms with Crippen LogP contribution in [0.1, 0.15) is 18.1 Å². The number of amides is 2. The summed E-state index contributed by atoms with van der Waals surface area (Å²) in [4.78, 5) is 28.5. The molecule has 0 saturated heterocycles. The summed E-state index contributed by atoms with van der Waals surface area (Å²) in [5.41, 5.74) is 2.86. The molecule has 6 nitrogen and oxygen atoms in total. The zero-order valence-electron chi connectivity index (χ0n) is 18.5. The Morgan fingerprint density at radius 1 is 0.970 bits per heavy atom. The van der Waals surface area contributed by atoms with Gasteiger partial charge in [0.2, 0.25) is 0 Å². The Labute approximate surface area is 197 Å². The van der Waals surface area contributed by atoms with E-state index in [2.05, 4.69) is 5.32 Å². The lowest BCUT2D eigenvalue weighted by molar-refractivity contribution is -0.120. The molecule has 7 heteroatoms. The second-order valence-electron chi connectivity index (χ2n) is 7.41. The fourth-order valence-corrected chi connectivity index (χ4v) is 3.99. The van der Waals surface area contributed by atoms with Gasteiger partial charge in [-0.1, -0.05) is 35.9 Å². The first-order valence-corrected chi connectivity index (χ1v) is 10.8. The minimum atomic E-state index is -0.469. The molecule has 1 N–H and O–H groups in total. The quantitative estimate of drug-likeness (QED) is 0.473. The number of aryl methyl sites for hydroxylation is 1. The van der Waals surface area contributed by atoms with Crippen LogP contribution in [0.2, 0.25) is 5.02 Å². The summed E-state index contributed by atoms with van der Waals surface area (Å²) < 4.78 is 11.1. The first-order chi connectivity index (χ1) is 15.9. The number of benzene rings is 3. The molecule has 0 atom stereocenters. The smallest absolute Gasteiger partial charge is 0.282 e. The van der Waals surface area contributed by atoms with Crippen molar-refractivity contribution in [3.8, 4) is 11.5 Å². The first kappa shape index (κ1) is 22.4. The van der Waals surface area contributed by atoms with Crippen LogP contribution in [0.5, 0.6) is 11.5 Å². The molecule has 0 aliphatic carbocycles. The fourth-order valence-electron chi connectivity index (χ4n) is 3.76. The molecule has 0 radical (unpaired) electrons. The summed E-state index contributed by atoms with van der Waals surface area (Å²) in [5.74, 6) is 0.145. The molecular formula is C26H23ClN2O4. The second kappa shape index (κ2) is 9.38. The molecule has 3 aromatic carbocycles. The first-order valence-electron chi connectivity index (χ1n) is 10.5. The maximum atomic E-state index is 13.7. The monoisotopic (exact) mass is 462 g/mol. The summed E-state index contributed by atoms with van der Waals surface area (Å²) in [6, 6.07) is 19.3. The molecule has 1 aliphatic rings. The van der Waals surface area contributed by atoms with Gasteiger partial charge in [0, 0.05) is 22.3 Å². The molecule has 33 heavy (non-hydrogen) atoms. The summed E-state index contributed by atoms with van der Waals surface area (Å²) >= 11 is 6.10. The van der Waals surface area contributed by atoms with Gasteiger partial charge in [-0.3, -0.25) is 9.59 Å². The normalized spacial score (nSPS) is 13.5. The van der Waals surface area contributed by atoms with Crippen LogP contribution in [0.3, 0.4) is 0 Å². The van der Waals surface area contributed by atoms with E-state index in [1.807, 2.05) is 19.9 Å². The summed E-state index contributed by atoms with van der Waals surface area (Å²) in [6.45, 7) is 4.22. The van der Waals surface area contributed by atoms with Gasteiger partial charge in [0.05, 0.1) is 25.0 Å². The van der Waals surface area contributed by atoms with E-state index < -0.39 is 11.8 Å². The fraction of sp³-hybridized carbons (Fsp3) is 0.154. The van der Waals surface area contributed by atoms with E-state index in [1.54, 1.807) is 60.7 Å². The topological polar surface area (TPSA) is 67.9 Å². The standard InChI is InChI=1S/C26H23ClN2O4/c1-4-33-19-9-7-8-18(15-19)29-25(30)23(20-10-5-6-11-22(20)32-3)24(26(29)31)28-21-13-12-17(27)14-16(21)2/h5-15,28H,4H2,1-3H3. The summed E-state index contributed by atoms with van der Waals surface area (Å²) in [5, 5.41) is 3.76. The summed E-state index contributed by atoms with van der Waals surface area (Å²) in [7, 11) is 1.53. The Kier molecular flexibility index (Phi) is 6.38. The van der Waals surface area contributed by atoms with Crippen molar-refractivity contribution in [1.82, 2.24) is 0 Å². The number of carbonyl (C=O) groups excluding carboxylic acids is 2. The molecular weight excluding hydrogens is 440 g/mol. The number of ether oxygens (including phenoxy) is 2. The van der Waals surface area contributed by atoms with Crippen molar-refractivity contribution in [2.75, 3.05) is 23.9 Å². The average molecular weight is 463 g/mol. The van der Waals surface area contributed by atoms with E-state index in [9.17, 15) is 9.59 Å². The van der Waals surface area contributed by atoms with Gasteiger partial charge in [-0.15, -0.1) is 0 Å². The third-order valence-electron chi connectivity index (χ3n) is 5.30. The third-order valence-corrected chi connectivity index (χ3v) is 5.53.